The van der Waals surface area contributed by atoms with Gasteiger partial charge in [0.25, 0.3) is 5.56 Å². The Bertz CT molecular complexity index is 1550. The number of fused-ring (bicyclic) bond motifs is 3. The lowest BCUT2D eigenvalue weighted by atomic mass is 9.99. The zero-order chi connectivity index (χ0) is 24.9. The van der Waals surface area contributed by atoms with Crippen LogP contribution in [0.5, 0.6) is 0 Å². The van der Waals surface area contributed by atoms with E-state index in [4.69, 9.17) is 0 Å². The third-order valence-electron chi connectivity index (χ3n) is 6.08. The molecule has 5 rings (SSSR count). The van der Waals surface area contributed by atoms with Crippen LogP contribution >= 0.6 is 11.8 Å². The Morgan fingerprint density at radius 2 is 1.64 bits per heavy atom. The predicted octanol–water partition coefficient (Wildman–Crippen LogP) is 4.65. The fourth-order valence-corrected chi connectivity index (χ4v) is 5.16. The highest BCUT2D eigenvalue weighted by Gasteiger charge is 2.19. The van der Waals surface area contributed by atoms with Crippen molar-refractivity contribution in [1.82, 2.24) is 24.5 Å². The molecule has 182 valence electrons. The molecule has 2 aromatic heterocycles. The molecule has 2 heterocycles. The van der Waals surface area contributed by atoms with Gasteiger partial charge in [-0.1, -0.05) is 91.5 Å². The summed E-state index contributed by atoms with van der Waals surface area (Å²) in [4.78, 5) is 26.1. The van der Waals surface area contributed by atoms with E-state index >= 15 is 0 Å². The molecular weight excluding hydrogens is 470 g/mol. The first-order valence-electron chi connectivity index (χ1n) is 12.0. The normalized spacial score (nSPS) is 12.1. The number of carbonyl (C=O) groups is 1. The third kappa shape index (κ3) is 4.90. The van der Waals surface area contributed by atoms with Crippen LogP contribution in [0.15, 0.2) is 94.9 Å². The number of amides is 1. The van der Waals surface area contributed by atoms with E-state index in [1.54, 1.807) is 4.57 Å². The van der Waals surface area contributed by atoms with Gasteiger partial charge < -0.3 is 5.32 Å². The lowest BCUT2D eigenvalue weighted by molar-refractivity contribution is -0.119. The summed E-state index contributed by atoms with van der Waals surface area (Å²) >= 11 is 1.32. The molecule has 0 aliphatic heterocycles. The summed E-state index contributed by atoms with van der Waals surface area (Å²) in [6, 6.07) is 27.5. The summed E-state index contributed by atoms with van der Waals surface area (Å²) in [6.45, 7) is 2.57. The first-order valence-corrected chi connectivity index (χ1v) is 13.0. The number of thioether (sulfide) groups is 1. The van der Waals surface area contributed by atoms with Crippen molar-refractivity contribution in [2.24, 2.45) is 0 Å². The zero-order valence-corrected chi connectivity index (χ0v) is 20.8. The van der Waals surface area contributed by atoms with E-state index in [1.165, 1.54) is 11.8 Å². The lowest BCUT2D eigenvalue weighted by Gasteiger charge is -2.19. The molecule has 0 fully saturated rings. The smallest absolute Gasteiger partial charge is 0.262 e. The van der Waals surface area contributed by atoms with E-state index in [9.17, 15) is 9.59 Å². The van der Waals surface area contributed by atoms with Gasteiger partial charge in [0, 0.05) is 6.54 Å². The number of benzene rings is 3. The maximum atomic E-state index is 13.1. The van der Waals surface area contributed by atoms with E-state index < -0.39 is 0 Å². The van der Waals surface area contributed by atoms with Crippen LogP contribution in [0.1, 0.15) is 30.5 Å². The second-order valence-electron chi connectivity index (χ2n) is 8.60. The Balaban J connectivity index is 1.39. The molecule has 7 nitrogen and oxygen atoms in total. The Labute approximate surface area is 213 Å². The molecule has 0 saturated carbocycles. The summed E-state index contributed by atoms with van der Waals surface area (Å²) in [6.07, 6.45) is 1.50. The van der Waals surface area contributed by atoms with Crippen molar-refractivity contribution in [3.8, 4) is 0 Å². The highest BCUT2D eigenvalue weighted by Crippen LogP contribution is 2.23. The quantitative estimate of drug-likeness (QED) is 0.300. The monoisotopic (exact) mass is 497 g/mol. The van der Waals surface area contributed by atoms with E-state index in [2.05, 4.69) is 27.6 Å². The van der Waals surface area contributed by atoms with Gasteiger partial charge in [-0.05, 0) is 36.1 Å². The first-order chi connectivity index (χ1) is 17.7. The summed E-state index contributed by atoms with van der Waals surface area (Å²) in [5, 5.41) is 13.0. The number of nitrogens with zero attached hydrogens (tertiary/aromatic N) is 4. The van der Waals surface area contributed by atoms with Crippen LogP contribution in [-0.2, 0) is 17.8 Å². The number of aryl methyl sites for hydroxylation is 1. The van der Waals surface area contributed by atoms with Crippen molar-refractivity contribution < 1.29 is 4.79 Å². The maximum Gasteiger partial charge on any atom is 0.262 e. The molecule has 0 bridgehead atoms. The zero-order valence-electron chi connectivity index (χ0n) is 20.0. The van der Waals surface area contributed by atoms with E-state index in [-0.39, 0.29) is 23.3 Å². The topological polar surface area (TPSA) is 81.3 Å². The molecule has 0 spiro atoms. The van der Waals surface area contributed by atoms with Gasteiger partial charge in [0.15, 0.2) is 5.16 Å². The van der Waals surface area contributed by atoms with E-state index in [0.29, 0.717) is 29.3 Å². The number of aromatic nitrogens is 4. The number of carbonyl (C=O) groups excluding carboxylic acids is 1. The molecule has 3 aromatic carbocycles. The third-order valence-corrected chi connectivity index (χ3v) is 7.01. The molecule has 36 heavy (non-hydrogen) atoms. The average Bonchev–Trinajstić information content (AvgIpc) is 3.34. The van der Waals surface area contributed by atoms with Crippen LogP contribution in [-0.4, -0.2) is 30.8 Å². The Kier molecular flexibility index (Phi) is 7.13. The SMILES string of the molecule is CCCn1c(=O)c2ccccc2n2c(SCC(=O)NC(Cc3ccccc3)c3ccccc3)nnc12. The minimum Gasteiger partial charge on any atom is -0.348 e. The van der Waals surface area contributed by atoms with Crippen molar-refractivity contribution in [1.29, 1.82) is 0 Å². The lowest BCUT2D eigenvalue weighted by Crippen LogP contribution is -2.31. The minimum absolute atomic E-state index is 0.0757. The molecule has 1 amide bonds. The summed E-state index contributed by atoms with van der Waals surface area (Å²) in [7, 11) is 0. The summed E-state index contributed by atoms with van der Waals surface area (Å²) < 4.78 is 3.54. The Morgan fingerprint density at radius 3 is 2.39 bits per heavy atom. The van der Waals surface area contributed by atoms with Gasteiger partial charge in [-0.2, -0.15) is 0 Å². The summed E-state index contributed by atoms with van der Waals surface area (Å²) in [5.74, 6) is 0.586. The van der Waals surface area contributed by atoms with E-state index in [0.717, 1.165) is 23.1 Å². The Morgan fingerprint density at radius 1 is 0.944 bits per heavy atom. The number of hydrogen-bond donors (Lipinski definition) is 1. The van der Waals surface area contributed by atoms with Gasteiger partial charge in [-0.15, -0.1) is 10.2 Å². The molecule has 1 unspecified atom stereocenters. The molecule has 0 radical (unpaired) electrons. The highest BCUT2D eigenvalue weighted by atomic mass is 32.2. The number of nitrogens with one attached hydrogen (secondary N) is 1. The number of rotatable bonds is 9. The van der Waals surface area contributed by atoms with Crippen LogP contribution in [0.4, 0.5) is 0 Å². The minimum atomic E-state index is -0.146. The van der Waals surface area contributed by atoms with Crippen molar-refractivity contribution in [3.63, 3.8) is 0 Å². The van der Waals surface area contributed by atoms with Gasteiger partial charge in [0.05, 0.1) is 22.7 Å². The largest absolute Gasteiger partial charge is 0.348 e. The number of hydrogen-bond acceptors (Lipinski definition) is 5. The van der Waals surface area contributed by atoms with Crippen LogP contribution in [0.3, 0.4) is 0 Å². The van der Waals surface area contributed by atoms with Gasteiger partial charge in [0.2, 0.25) is 11.7 Å². The van der Waals surface area contributed by atoms with Gasteiger partial charge in [-0.25, -0.2) is 0 Å². The second kappa shape index (κ2) is 10.8. The van der Waals surface area contributed by atoms with Gasteiger partial charge in [-0.3, -0.25) is 18.6 Å². The predicted molar refractivity (Wildman–Crippen MR) is 143 cm³/mol. The summed E-state index contributed by atoms with van der Waals surface area (Å²) in [5.41, 5.74) is 2.88. The number of para-hydroxylation sites is 1. The Hall–Kier alpha value is -3.91. The van der Waals surface area contributed by atoms with Crippen LogP contribution < -0.4 is 10.9 Å². The van der Waals surface area contributed by atoms with Crippen molar-refractivity contribution in [2.75, 3.05) is 5.75 Å². The standard InChI is InChI=1S/C28H27N5O2S/c1-2-17-32-26(35)22-15-9-10-16-24(22)33-27(32)30-31-28(33)36-19-25(34)29-23(21-13-7-4-8-14-21)18-20-11-5-3-6-12-20/h3-16,23H,2,17-19H2,1H3,(H,29,34). The van der Waals surface area contributed by atoms with Gasteiger partial charge >= 0.3 is 0 Å². The molecule has 0 aliphatic rings. The molecule has 1 atom stereocenters. The van der Waals surface area contributed by atoms with Crippen LogP contribution in [0, 0.1) is 0 Å². The first kappa shape index (κ1) is 23.8. The van der Waals surface area contributed by atoms with Crippen molar-refractivity contribution >= 4 is 34.3 Å². The second-order valence-corrected chi connectivity index (χ2v) is 9.54. The van der Waals surface area contributed by atoms with E-state index in [1.807, 2.05) is 84.1 Å². The maximum absolute atomic E-state index is 13.1. The molecular formula is C28H27N5O2S. The molecule has 5 aromatic rings. The highest BCUT2D eigenvalue weighted by molar-refractivity contribution is 7.99. The molecule has 0 saturated heterocycles. The fraction of sp³-hybridized carbons (Fsp3) is 0.214. The van der Waals surface area contributed by atoms with Crippen molar-refractivity contribution in [3.05, 3.63) is 106 Å². The molecule has 1 N–H and O–H groups in total. The molecule has 8 heteroatoms. The van der Waals surface area contributed by atoms with Crippen LogP contribution in [0.2, 0.25) is 0 Å². The average molecular weight is 498 g/mol. The van der Waals surface area contributed by atoms with Crippen molar-refractivity contribution in [2.45, 2.75) is 37.5 Å². The fourth-order valence-electron chi connectivity index (χ4n) is 4.41. The van der Waals surface area contributed by atoms with Crippen LogP contribution in [0.25, 0.3) is 16.7 Å². The molecule has 0 aliphatic carbocycles. The van der Waals surface area contributed by atoms with Gasteiger partial charge in [0.1, 0.15) is 0 Å².